The number of benzene rings is 3. The molecule has 0 saturated carbocycles. The molecule has 0 saturated heterocycles. The first kappa shape index (κ1) is 34.5. The number of anilines is 1. The van der Waals surface area contributed by atoms with Crippen LogP contribution >= 0.6 is 34.8 Å². The first-order valence-electron chi connectivity index (χ1n) is 13.9. The van der Waals surface area contributed by atoms with E-state index in [1.165, 1.54) is 42.3 Å². The molecule has 232 valence electrons. The van der Waals surface area contributed by atoms with Gasteiger partial charge in [0.05, 0.1) is 32.8 Å². The van der Waals surface area contributed by atoms with Gasteiger partial charge in [0.15, 0.2) is 0 Å². The number of ether oxygens (including phenoxy) is 1. The van der Waals surface area contributed by atoms with Crippen LogP contribution in [0.15, 0.2) is 65.6 Å². The van der Waals surface area contributed by atoms with E-state index in [1.807, 2.05) is 13.8 Å². The van der Waals surface area contributed by atoms with E-state index in [9.17, 15) is 18.0 Å². The van der Waals surface area contributed by atoms with Gasteiger partial charge in [0.1, 0.15) is 18.3 Å². The Kier molecular flexibility index (Phi) is 12.6. The number of hydrogen-bond donors (Lipinski definition) is 1. The number of methoxy groups -OCH3 is 1. The number of hydrogen-bond acceptors (Lipinski definition) is 5. The molecule has 0 aliphatic heterocycles. The van der Waals surface area contributed by atoms with Crippen LogP contribution in [0.2, 0.25) is 15.1 Å². The molecule has 0 heterocycles. The maximum Gasteiger partial charge on any atom is 0.264 e. The average Bonchev–Trinajstić information content (AvgIpc) is 2.97. The quantitative estimate of drug-likeness (QED) is 0.189. The topological polar surface area (TPSA) is 96.0 Å². The summed E-state index contributed by atoms with van der Waals surface area (Å²) in [7, 11) is -2.80. The highest BCUT2D eigenvalue weighted by Crippen LogP contribution is 2.32. The third-order valence-corrected chi connectivity index (χ3v) is 9.69. The van der Waals surface area contributed by atoms with E-state index in [-0.39, 0.29) is 28.1 Å². The molecule has 3 aromatic rings. The highest BCUT2D eigenvalue weighted by atomic mass is 35.5. The Morgan fingerprint density at radius 3 is 2.21 bits per heavy atom. The number of nitrogens with one attached hydrogen (secondary N) is 1. The number of nitrogens with zero attached hydrogens (tertiary/aromatic N) is 2. The third-order valence-electron chi connectivity index (χ3n) is 6.86. The molecule has 3 aromatic carbocycles. The molecular weight excluding hydrogens is 633 g/mol. The summed E-state index contributed by atoms with van der Waals surface area (Å²) in [6, 6.07) is 14.9. The number of halogens is 3. The summed E-state index contributed by atoms with van der Waals surface area (Å²) < 4.78 is 34.3. The molecule has 0 radical (unpaired) electrons. The lowest BCUT2D eigenvalue weighted by molar-refractivity contribution is -0.140. The fourth-order valence-corrected chi connectivity index (χ4v) is 6.42. The van der Waals surface area contributed by atoms with Crippen LogP contribution in [0, 0.1) is 6.92 Å². The van der Waals surface area contributed by atoms with Gasteiger partial charge in [-0.05, 0) is 67.8 Å². The van der Waals surface area contributed by atoms with E-state index in [2.05, 4.69) is 5.32 Å². The van der Waals surface area contributed by atoms with Crippen molar-refractivity contribution in [3.63, 3.8) is 0 Å². The standard InChI is InChI=1S/C31H36Cl3N3O5S/c1-5-7-16-35-31(39)28(6-2)36(19-22-10-14-25(32)26(33)17-22)30(38)20-37(23-11-15-29(42-4)27(34)18-23)43(40,41)24-12-8-21(3)9-13-24/h8-15,17-18,28H,5-7,16,19-20H2,1-4H3,(H,35,39)/t28-/m0/s1. The van der Waals surface area contributed by atoms with Gasteiger partial charge in [-0.3, -0.25) is 13.9 Å². The van der Waals surface area contributed by atoms with Crippen molar-refractivity contribution in [2.75, 3.05) is 24.5 Å². The Hall–Kier alpha value is -2.98. The number of carbonyl (C=O) groups is 2. The predicted molar refractivity (Wildman–Crippen MR) is 173 cm³/mol. The number of sulfonamides is 1. The molecule has 0 bridgehead atoms. The summed E-state index contributed by atoms with van der Waals surface area (Å²) in [5, 5.41) is 3.71. The van der Waals surface area contributed by atoms with Gasteiger partial charge >= 0.3 is 0 Å². The second kappa shape index (κ2) is 15.7. The maximum atomic E-state index is 14.2. The van der Waals surface area contributed by atoms with Crippen LogP contribution in [0.1, 0.15) is 44.2 Å². The fraction of sp³-hybridized carbons (Fsp3) is 0.355. The van der Waals surface area contributed by atoms with Crippen LogP contribution < -0.4 is 14.4 Å². The van der Waals surface area contributed by atoms with Crippen molar-refractivity contribution in [2.45, 2.75) is 57.5 Å². The van der Waals surface area contributed by atoms with Gasteiger partial charge in [-0.1, -0.05) is 78.8 Å². The molecular formula is C31H36Cl3N3O5S. The number of amides is 2. The second-order valence-electron chi connectivity index (χ2n) is 9.98. The molecule has 2 amide bonds. The molecule has 0 spiro atoms. The molecule has 12 heteroatoms. The Bertz CT molecular complexity index is 1530. The summed E-state index contributed by atoms with van der Waals surface area (Å²) >= 11 is 18.7. The van der Waals surface area contributed by atoms with Crippen LogP contribution in [0.4, 0.5) is 5.69 Å². The lowest BCUT2D eigenvalue weighted by Gasteiger charge is -2.33. The van der Waals surface area contributed by atoms with Gasteiger partial charge in [0.2, 0.25) is 11.8 Å². The van der Waals surface area contributed by atoms with Crippen molar-refractivity contribution in [1.82, 2.24) is 10.2 Å². The summed E-state index contributed by atoms with van der Waals surface area (Å²) in [6.07, 6.45) is 1.97. The molecule has 8 nitrogen and oxygen atoms in total. The van der Waals surface area contributed by atoms with Gasteiger partial charge in [-0.15, -0.1) is 0 Å². The molecule has 1 atom stereocenters. The number of carbonyl (C=O) groups excluding carboxylic acids is 2. The minimum absolute atomic E-state index is 0.00164. The van der Waals surface area contributed by atoms with Gasteiger partial charge in [0, 0.05) is 13.1 Å². The minimum Gasteiger partial charge on any atom is -0.495 e. The summed E-state index contributed by atoms with van der Waals surface area (Å²) in [5.41, 5.74) is 1.67. The first-order valence-corrected chi connectivity index (χ1v) is 16.4. The molecule has 0 aliphatic rings. The molecule has 3 rings (SSSR count). The van der Waals surface area contributed by atoms with Gasteiger partial charge in [-0.2, -0.15) is 0 Å². The number of rotatable bonds is 14. The van der Waals surface area contributed by atoms with Crippen molar-refractivity contribution in [2.24, 2.45) is 0 Å². The van der Waals surface area contributed by atoms with E-state index in [1.54, 1.807) is 37.3 Å². The fourth-order valence-electron chi connectivity index (χ4n) is 4.44. The molecule has 0 aromatic heterocycles. The van der Waals surface area contributed by atoms with Crippen LogP contribution in [-0.4, -0.2) is 51.4 Å². The van der Waals surface area contributed by atoms with Crippen molar-refractivity contribution in [3.05, 3.63) is 86.9 Å². The predicted octanol–water partition coefficient (Wildman–Crippen LogP) is 6.88. The van der Waals surface area contributed by atoms with Crippen molar-refractivity contribution < 1.29 is 22.7 Å². The molecule has 0 aliphatic carbocycles. The van der Waals surface area contributed by atoms with Crippen molar-refractivity contribution >= 4 is 62.3 Å². The Morgan fingerprint density at radius 1 is 0.930 bits per heavy atom. The zero-order valence-corrected chi connectivity index (χ0v) is 27.7. The van der Waals surface area contributed by atoms with Crippen LogP contribution in [0.3, 0.4) is 0 Å². The maximum absolute atomic E-state index is 14.2. The largest absolute Gasteiger partial charge is 0.495 e. The van der Waals surface area contributed by atoms with Crippen LogP contribution in [0.5, 0.6) is 5.75 Å². The SMILES string of the molecule is CCCCNC(=O)[C@H](CC)N(Cc1ccc(Cl)c(Cl)c1)C(=O)CN(c1ccc(OC)c(Cl)c1)S(=O)(=O)c1ccc(C)cc1. The van der Waals surface area contributed by atoms with Gasteiger partial charge in [0.25, 0.3) is 10.0 Å². The van der Waals surface area contributed by atoms with Crippen LogP contribution in [0.25, 0.3) is 0 Å². The lowest BCUT2D eigenvalue weighted by Crippen LogP contribution is -2.52. The molecule has 0 unspecified atom stereocenters. The zero-order chi connectivity index (χ0) is 31.7. The third kappa shape index (κ3) is 8.79. The average molecular weight is 669 g/mol. The highest BCUT2D eigenvalue weighted by molar-refractivity contribution is 7.92. The second-order valence-corrected chi connectivity index (χ2v) is 13.1. The number of unbranched alkanes of at least 4 members (excludes halogenated alkanes) is 1. The van der Waals surface area contributed by atoms with E-state index >= 15 is 0 Å². The Balaban J connectivity index is 2.09. The Morgan fingerprint density at radius 2 is 1.63 bits per heavy atom. The number of aryl methyl sites for hydroxylation is 1. The summed E-state index contributed by atoms with van der Waals surface area (Å²) in [4.78, 5) is 28.9. The van der Waals surface area contributed by atoms with Gasteiger partial charge < -0.3 is 15.0 Å². The minimum atomic E-state index is -4.24. The zero-order valence-electron chi connectivity index (χ0n) is 24.6. The highest BCUT2D eigenvalue weighted by Gasteiger charge is 2.34. The van der Waals surface area contributed by atoms with Crippen molar-refractivity contribution in [3.8, 4) is 5.75 Å². The Labute approximate surface area is 268 Å². The molecule has 1 N–H and O–H groups in total. The van der Waals surface area contributed by atoms with E-state index in [0.717, 1.165) is 22.7 Å². The van der Waals surface area contributed by atoms with E-state index < -0.39 is 28.5 Å². The monoisotopic (exact) mass is 667 g/mol. The lowest BCUT2D eigenvalue weighted by atomic mass is 10.1. The summed E-state index contributed by atoms with van der Waals surface area (Å²) in [5.74, 6) is -0.573. The normalized spacial score (nSPS) is 12.0. The first-order chi connectivity index (χ1) is 20.4. The van der Waals surface area contributed by atoms with Crippen LogP contribution in [-0.2, 0) is 26.2 Å². The van der Waals surface area contributed by atoms with E-state index in [4.69, 9.17) is 39.5 Å². The van der Waals surface area contributed by atoms with E-state index in [0.29, 0.717) is 34.3 Å². The smallest absolute Gasteiger partial charge is 0.264 e. The van der Waals surface area contributed by atoms with Gasteiger partial charge in [-0.25, -0.2) is 8.42 Å². The summed E-state index contributed by atoms with van der Waals surface area (Å²) in [6.45, 7) is 5.51. The molecule has 0 fully saturated rings. The van der Waals surface area contributed by atoms with Crippen molar-refractivity contribution in [1.29, 1.82) is 0 Å². The molecule has 43 heavy (non-hydrogen) atoms.